The highest BCUT2D eigenvalue weighted by Gasteiger charge is 2.32. The maximum atomic E-state index is 5.72. The number of nitrogens with one attached hydrogen (secondary N) is 1. The van der Waals surface area contributed by atoms with Crippen LogP contribution in [-0.2, 0) is 9.47 Å². The molecular formula is C15H18N2O3. The summed E-state index contributed by atoms with van der Waals surface area (Å²) in [7, 11) is 0. The molecule has 0 bridgehead atoms. The lowest BCUT2D eigenvalue weighted by atomic mass is 10.2. The lowest BCUT2D eigenvalue weighted by molar-refractivity contribution is -0.141. The number of rotatable bonds is 4. The van der Waals surface area contributed by atoms with E-state index in [0.29, 0.717) is 13.2 Å². The third-order valence-electron chi connectivity index (χ3n) is 3.13. The van der Waals surface area contributed by atoms with Crippen molar-refractivity contribution in [3.8, 4) is 17.1 Å². The van der Waals surface area contributed by atoms with Gasteiger partial charge in [0.05, 0.1) is 6.61 Å². The minimum absolute atomic E-state index is 0.0187. The van der Waals surface area contributed by atoms with E-state index in [1.54, 1.807) is 12.4 Å². The van der Waals surface area contributed by atoms with Crippen molar-refractivity contribution in [1.29, 1.82) is 0 Å². The average Bonchev–Trinajstić information content (AvgIpc) is 3.06. The Kier molecular flexibility index (Phi) is 3.46. The summed E-state index contributed by atoms with van der Waals surface area (Å²) in [6.45, 7) is 4.87. The van der Waals surface area contributed by atoms with Crippen molar-refractivity contribution in [3.05, 3.63) is 36.7 Å². The zero-order chi connectivity index (χ0) is 14.0. The van der Waals surface area contributed by atoms with Crippen LogP contribution in [0.15, 0.2) is 36.7 Å². The molecule has 0 spiro atoms. The molecule has 0 saturated carbocycles. The van der Waals surface area contributed by atoms with Crippen molar-refractivity contribution in [3.63, 3.8) is 0 Å². The summed E-state index contributed by atoms with van der Waals surface area (Å²) in [5.41, 5.74) is 1.03. The van der Waals surface area contributed by atoms with Crippen molar-refractivity contribution in [2.75, 3.05) is 13.2 Å². The molecule has 2 heterocycles. The summed E-state index contributed by atoms with van der Waals surface area (Å²) in [5, 5.41) is 0. The van der Waals surface area contributed by atoms with Gasteiger partial charge in [-0.05, 0) is 38.1 Å². The van der Waals surface area contributed by atoms with Crippen molar-refractivity contribution in [2.45, 2.75) is 25.7 Å². The molecule has 1 fully saturated rings. The van der Waals surface area contributed by atoms with Crippen LogP contribution in [0, 0.1) is 0 Å². The number of imidazole rings is 1. The first-order valence-corrected chi connectivity index (χ1v) is 6.67. The highest BCUT2D eigenvalue weighted by molar-refractivity contribution is 5.55. The van der Waals surface area contributed by atoms with Crippen molar-refractivity contribution >= 4 is 0 Å². The molecule has 2 aromatic rings. The Morgan fingerprint density at radius 2 is 2.15 bits per heavy atom. The van der Waals surface area contributed by atoms with Crippen LogP contribution in [0.25, 0.3) is 11.4 Å². The zero-order valence-electron chi connectivity index (χ0n) is 11.6. The fraction of sp³-hybridized carbons (Fsp3) is 0.400. The minimum atomic E-state index is -0.503. The van der Waals surface area contributed by atoms with Gasteiger partial charge in [0.1, 0.15) is 24.3 Å². The number of aromatic amines is 1. The number of aromatic nitrogens is 2. The predicted molar refractivity (Wildman–Crippen MR) is 74.4 cm³/mol. The summed E-state index contributed by atoms with van der Waals surface area (Å²) in [5.74, 6) is 1.16. The molecule has 20 heavy (non-hydrogen) atoms. The molecule has 1 aromatic carbocycles. The van der Waals surface area contributed by atoms with Gasteiger partial charge in [-0.15, -0.1) is 0 Å². The van der Waals surface area contributed by atoms with Crippen LogP contribution < -0.4 is 4.74 Å². The lowest BCUT2D eigenvalue weighted by Crippen LogP contribution is -2.25. The average molecular weight is 274 g/mol. The molecule has 1 atom stereocenters. The maximum absolute atomic E-state index is 5.72. The third kappa shape index (κ3) is 3.00. The predicted octanol–water partition coefficient (Wildman–Crippen LogP) is 2.61. The molecule has 0 radical (unpaired) electrons. The lowest BCUT2D eigenvalue weighted by Gasteiger charge is -2.17. The molecule has 1 N–H and O–H groups in total. The number of hydrogen-bond acceptors (Lipinski definition) is 4. The molecule has 1 saturated heterocycles. The van der Waals surface area contributed by atoms with E-state index in [2.05, 4.69) is 9.97 Å². The first kappa shape index (κ1) is 13.1. The normalized spacial score (nSPS) is 21.0. The summed E-state index contributed by atoms with van der Waals surface area (Å²) < 4.78 is 16.9. The summed E-state index contributed by atoms with van der Waals surface area (Å²) in [4.78, 5) is 7.28. The SMILES string of the molecule is CC1(C)OC[C@H](COc2ccc(-c3ncc[nH]3)cc2)O1. The van der Waals surface area contributed by atoms with E-state index in [4.69, 9.17) is 14.2 Å². The molecule has 1 aliphatic heterocycles. The molecule has 5 heteroatoms. The highest BCUT2D eigenvalue weighted by atomic mass is 16.7. The largest absolute Gasteiger partial charge is 0.491 e. The van der Waals surface area contributed by atoms with Gasteiger partial charge in [0.25, 0.3) is 0 Å². The Bertz CT molecular complexity index is 549. The fourth-order valence-corrected chi connectivity index (χ4v) is 2.17. The van der Waals surface area contributed by atoms with Gasteiger partial charge in [0, 0.05) is 18.0 Å². The standard InChI is InChI=1S/C15H18N2O3/c1-15(2)19-10-13(20-15)9-18-12-5-3-11(4-6-12)14-16-7-8-17-14/h3-8,13H,9-10H2,1-2H3,(H,16,17)/t13-/m0/s1. The first-order chi connectivity index (χ1) is 9.62. The summed E-state index contributed by atoms with van der Waals surface area (Å²) in [6, 6.07) is 7.81. The second-order valence-corrected chi connectivity index (χ2v) is 5.22. The second-order valence-electron chi connectivity index (χ2n) is 5.22. The Labute approximate surface area is 117 Å². The van der Waals surface area contributed by atoms with Gasteiger partial charge in [-0.2, -0.15) is 0 Å². The van der Waals surface area contributed by atoms with Crippen LogP contribution in [0.1, 0.15) is 13.8 Å². The number of benzene rings is 1. The van der Waals surface area contributed by atoms with Crippen molar-refractivity contribution in [1.82, 2.24) is 9.97 Å². The van der Waals surface area contributed by atoms with Gasteiger partial charge in [-0.3, -0.25) is 0 Å². The maximum Gasteiger partial charge on any atom is 0.163 e. The van der Waals surface area contributed by atoms with E-state index in [1.165, 1.54) is 0 Å². The van der Waals surface area contributed by atoms with Gasteiger partial charge in [0.15, 0.2) is 5.79 Å². The first-order valence-electron chi connectivity index (χ1n) is 6.67. The number of H-pyrrole nitrogens is 1. The molecular weight excluding hydrogens is 256 g/mol. The monoisotopic (exact) mass is 274 g/mol. The van der Waals surface area contributed by atoms with E-state index < -0.39 is 5.79 Å². The van der Waals surface area contributed by atoms with Gasteiger partial charge < -0.3 is 19.2 Å². The van der Waals surface area contributed by atoms with Gasteiger partial charge >= 0.3 is 0 Å². The van der Waals surface area contributed by atoms with Crippen LogP contribution >= 0.6 is 0 Å². The number of nitrogens with zero attached hydrogens (tertiary/aromatic N) is 1. The van der Waals surface area contributed by atoms with Crippen LogP contribution in [-0.4, -0.2) is 35.1 Å². The Morgan fingerprint density at radius 3 is 2.75 bits per heavy atom. The quantitative estimate of drug-likeness (QED) is 0.931. The fourth-order valence-electron chi connectivity index (χ4n) is 2.17. The summed E-state index contributed by atoms with van der Waals surface area (Å²) >= 11 is 0. The van der Waals surface area contributed by atoms with Crippen molar-refractivity contribution < 1.29 is 14.2 Å². The third-order valence-corrected chi connectivity index (χ3v) is 3.13. The smallest absolute Gasteiger partial charge is 0.163 e. The molecule has 0 unspecified atom stereocenters. The molecule has 1 aliphatic rings. The van der Waals surface area contributed by atoms with E-state index in [9.17, 15) is 0 Å². The van der Waals surface area contributed by atoms with E-state index >= 15 is 0 Å². The number of hydrogen-bond donors (Lipinski definition) is 1. The Morgan fingerprint density at radius 1 is 1.35 bits per heavy atom. The van der Waals surface area contributed by atoms with Crippen LogP contribution in [0.2, 0.25) is 0 Å². The molecule has 0 aliphatic carbocycles. The van der Waals surface area contributed by atoms with E-state index in [1.807, 2.05) is 38.1 Å². The van der Waals surface area contributed by atoms with Crippen LogP contribution in [0.3, 0.4) is 0 Å². The van der Waals surface area contributed by atoms with E-state index in [0.717, 1.165) is 17.1 Å². The van der Waals surface area contributed by atoms with Gasteiger partial charge in [0.2, 0.25) is 0 Å². The molecule has 1 aromatic heterocycles. The van der Waals surface area contributed by atoms with Crippen LogP contribution in [0.4, 0.5) is 0 Å². The topological polar surface area (TPSA) is 56.4 Å². The Balaban J connectivity index is 1.56. The molecule has 5 nitrogen and oxygen atoms in total. The van der Waals surface area contributed by atoms with Crippen molar-refractivity contribution in [2.24, 2.45) is 0 Å². The highest BCUT2D eigenvalue weighted by Crippen LogP contribution is 2.24. The molecule has 106 valence electrons. The van der Waals surface area contributed by atoms with E-state index in [-0.39, 0.29) is 6.10 Å². The van der Waals surface area contributed by atoms with Gasteiger partial charge in [-0.25, -0.2) is 4.98 Å². The number of ether oxygens (including phenoxy) is 3. The van der Waals surface area contributed by atoms with Crippen LogP contribution in [0.5, 0.6) is 5.75 Å². The Hall–Kier alpha value is -1.85. The second kappa shape index (κ2) is 5.26. The minimum Gasteiger partial charge on any atom is -0.491 e. The zero-order valence-corrected chi connectivity index (χ0v) is 11.6. The molecule has 3 rings (SSSR count). The molecule has 0 amide bonds. The summed E-state index contributed by atoms with van der Waals surface area (Å²) in [6.07, 6.45) is 3.52. The van der Waals surface area contributed by atoms with Gasteiger partial charge in [-0.1, -0.05) is 0 Å².